The molecule has 0 aliphatic carbocycles. The largest absolute Gasteiger partial charge is 0.497 e. The standard InChI is InChI=1S/C12H18O2/c1-9(2)14-8-11-5-10(3)6-12(7-11)13-4/h5-7,9H,8H2,1-4H3. The van der Waals surface area contributed by atoms with E-state index in [1.54, 1.807) is 7.11 Å². The van der Waals surface area contributed by atoms with Gasteiger partial charge in [0, 0.05) is 0 Å². The zero-order valence-electron chi connectivity index (χ0n) is 9.33. The maximum atomic E-state index is 5.53. The molecule has 0 N–H and O–H groups in total. The average molecular weight is 194 g/mol. The molecule has 1 aromatic rings. The van der Waals surface area contributed by atoms with E-state index in [0.29, 0.717) is 6.61 Å². The van der Waals surface area contributed by atoms with Crippen molar-refractivity contribution in [1.29, 1.82) is 0 Å². The predicted molar refractivity (Wildman–Crippen MR) is 57.7 cm³/mol. The molecule has 0 amide bonds. The third kappa shape index (κ3) is 3.38. The monoisotopic (exact) mass is 194 g/mol. The van der Waals surface area contributed by atoms with Crippen LogP contribution in [0.4, 0.5) is 0 Å². The Bertz CT molecular complexity index is 292. The van der Waals surface area contributed by atoms with E-state index in [2.05, 4.69) is 13.0 Å². The Labute approximate surface area is 85.8 Å². The summed E-state index contributed by atoms with van der Waals surface area (Å²) in [6.07, 6.45) is 0.265. The highest BCUT2D eigenvalue weighted by Crippen LogP contribution is 2.17. The van der Waals surface area contributed by atoms with Crippen LogP contribution >= 0.6 is 0 Å². The maximum absolute atomic E-state index is 5.53. The molecule has 0 radical (unpaired) electrons. The number of ether oxygens (including phenoxy) is 2. The van der Waals surface area contributed by atoms with Gasteiger partial charge in [0.1, 0.15) is 5.75 Å². The van der Waals surface area contributed by atoms with Crippen molar-refractivity contribution in [3.05, 3.63) is 29.3 Å². The lowest BCUT2D eigenvalue weighted by Crippen LogP contribution is -2.02. The summed E-state index contributed by atoms with van der Waals surface area (Å²) in [6, 6.07) is 6.14. The Morgan fingerprint density at radius 1 is 1.21 bits per heavy atom. The van der Waals surface area contributed by atoms with Crippen molar-refractivity contribution >= 4 is 0 Å². The van der Waals surface area contributed by atoms with Gasteiger partial charge in [0.25, 0.3) is 0 Å². The lowest BCUT2D eigenvalue weighted by atomic mass is 10.1. The van der Waals surface area contributed by atoms with Gasteiger partial charge in [0.15, 0.2) is 0 Å². The minimum atomic E-state index is 0.265. The van der Waals surface area contributed by atoms with Gasteiger partial charge in [0.2, 0.25) is 0 Å². The van der Waals surface area contributed by atoms with Crippen LogP contribution < -0.4 is 4.74 Å². The normalized spacial score (nSPS) is 10.6. The van der Waals surface area contributed by atoms with Gasteiger partial charge in [-0.3, -0.25) is 0 Å². The first-order valence-electron chi connectivity index (χ1n) is 4.88. The molecule has 0 unspecified atom stereocenters. The van der Waals surface area contributed by atoms with Crippen molar-refractivity contribution in [1.82, 2.24) is 0 Å². The average Bonchev–Trinajstić information content (AvgIpc) is 2.14. The van der Waals surface area contributed by atoms with Gasteiger partial charge in [-0.2, -0.15) is 0 Å². The lowest BCUT2D eigenvalue weighted by molar-refractivity contribution is 0.0656. The molecule has 0 aromatic heterocycles. The number of methoxy groups -OCH3 is 1. The quantitative estimate of drug-likeness (QED) is 0.733. The van der Waals surface area contributed by atoms with Crippen molar-refractivity contribution in [3.63, 3.8) is 0 Å². The van der Waals surface area contributed by atoms with E-state index in [1.807, 2.05) is 26.0 Å². The van der Waals surface area contributed by atoms with Gasteiger partial charge in [-0.1, -0.05) is 6.07 Å². The highest BCUT2D eigenvalue weighted by atomic mass is 16.5. The predicted octanol–water partition coefficient (Wildman–Crippen LogP) is 2.93. The van der Waals surface area contributed by atoms with Crippen LogP contribution in [0.1, 0.15) is 25.0 Å². The molecule has 0 spiro atoms. The fourth-order valence-electron chi connectivity index (χ4n) is 1.29. The van der Waals surface area contributed by atoms with Gasteiger partial charge >= 0.3 is 0 Å². The van der Waals surface area contributed by atoms with Crippen LogP contribution in [0.25, 0.3) is 0 Å². The third-order valence-corrected chi connectivity index (χ3v) is 1.93. The Morgan fingerprint density at radius 2 is 1.93 bits per heavy atom. The summed E-state index contributed by atoms with van der Waals surface area (Å²) < 4.78 is 10.7. The van der Waals surface area contributed by atoms with Crippen LogP contribution in [0.2, 0.25) is 0 Å². The van der Waals surface area contributed by atoms with Crippen LogP contribution in [-0.4, -0.2) is 13.2 Å². The molecule has 0 aliphatic rings. The molecule has 2 nitrogen and oxygen atoms in total. The number of hydrogen-bond donors (Lipinski definition) is 0. The van der Waals surface area contributed by atoms with Crippen LogP contribution in [-0.2, 0) is 11.3 Å². The summed E-state index contributed by atoms with van der Waals surface area (Å²) in [5, 5.41) is 0. The van der Waals surface area contributed by atoms with E-state index in [4.69, 9.17) is 9.47 Å². The fourth-order valence-corrected chi connectivity index (χ4v) is 1.29. The zero-order chi connectivity index (χ0) is 10.6. The first kappa shape index (κ1) is 11.1. The minimum Gasteiger partial charge on any atom is -0.497 e. The van der Waals surface area contributed by atoms with Crippen molar-refractivity contribution in [2.24, 2.45) is 0 Å². The number of hydrogen-bond acceptors (Lipinski definition) is 2. The number of rotatable bonds is 4. The van der Waals surface area contributed by atoms with Crippen molar-refractivity contribution in [3.8, 4) is 5.75 Å². The lowest BCUT2D eigenvalue weighted by Gasteiger charge is -2.09. The Hall–Kier alpha value is -1.02. The summed E-state index contributed by atoms with van der Waals surface area (Å²) in [6.45, 7) is 6.77. The van der Waals surface area contributed by atoms with Crippen molar-refractivity contribution < 1.29 is 9.47 Å². The van der Waals surface area contributed by atoms with E-state index < -0.39 is 0 Å². The van der Waals surface area contributed by atoms with E-state index in [9.17, 15) is 0 Å². The van der Waals surface area contributed by atoms with Crippen LogP contribution in [0.3, 0.4) is 0 Å². The molecule has 0 saturated heterocycles. The molecule has 0 heterocycles. The Balaban J connectivity index is 2.71. The van der Waals surface area contributed by atoms with Gasteiger partial charge in [-0.25, -0.2) is 0 Å². The SMILES string of the molecule is COc1cc(C)cc(COC(C)C)c1. The first-order chi connectivity index (χ1) is 6.61. The van der Waals surface area contributed by atoms with E-state index in [-0.39, 0.29) is 6.10 Å². The molecular formula is C12H18O2. The molecule has 0 aliphatic heterocycles. The molecule has 1 rings (SSSR count). The highest BCUT2D eigenvalue weighted by Gasteiger charge is 2.00. The molecule has 0 saturated carbocycles. The Kier molecular flexibility index (Phi) is 3.96. The van der Waals surface area contributed by atoms with E-state index in [0.717, 1.165) is 11.3 Å². The maximum Gasteiger partial charge on any atom is 0.119 e. The van der Waals surface area contributed by atoms with Gasteiger partial charge < -0.3 is 9.47 Å². The second-order valence-electron chi connectivity index (χ2n) is 3.72. The summed E-state index contributed by atoms with van der Waals surface area (Å²) in [4.78, 5) is 0. The molecule has 0 fully saturated rings. The van der Waals surface area contributed by atoms with Gasteiger partial charge in [0.05, 0.1) is 19.8 Å². The first-order valence-corrected chi connectivity index (χ1v) is 4.88. The fraction of sp³-hybridized carbons (Fsp3) is 0.500. The molecule has 0 bridgehead atoms. The van der Waals surface area contributed by atoms with Crippen LogP contribution in [0, 0.1) is 6.92 Å². The number of benzene rings is 1. The molecule has 2 heteroatoms. The molecule has 14 heavy (non-hydrogen) atoms. The summed E-state index contributed by atoms with van der Waals surface area (Å²) in [5.41, 5.74) is 2.36. The molecular weight excluding hydrogens is 176 g/mol. The molecule has 1 aromatic carbocycles. The van der Waals surface area contributed by atoms with Gasteiger partial charge in [-0.15, -0.1) is 0 Å². The second kappa shape index (κ2) is 5.01. The Morgan fingerprint density at radius 3 is 2.50 bits per heavy atom. The third-order valence-electron chi connectivity index (χ3n) is 1.93. The topological polar surface area (TPSA) is 18.5 Å². The highest BCUT2D eigenvalue weighted by molar-refractivity contribution is 5.33. The summed E-state index contributed by atoms with van der Waals surface area (Å²) in [7, 11) is 1.68. The van der Waals surface area contributed by atoms with Crippen LogP contribution in [0.5, 0.6) is 5.75 Å². The van der Waals surface area contributed by atoms with Gasteiger partial charge in [-0.05, 0) is 44.0 Å². The summed E-state index contributed by atoms with van der Waals surface area (Å²) >= 11 is 0. The smallest absolute Gasteiger partial charge is 0.119 e. The van der Waals surface area contributed by atoms with Crippen molar-refractivity contribution in [2.45, 2.75) is 33.5 Å². The van der Waals surface area contributed by atoms with Crippen molar-refractivity contribution in [2.75, 3.05) is 7.11 Å². The summed E-state index contributed by atoms with van der Waals surface area (Å²) in [5.74, 6) is 0.896. The molecule has 78 valence electrons. The number of aryl methyl sites for hydroxylation is 1. The van der Waals surface area contributed by atoms with E-state index >= 15 is 0 Å². The zero-order valence-corrected chi connectivity index (χ0v) is 9.33. The second-order valence-corrected chi connectivity index (χ2v) is 3.72. The van der Waals surface area contributed by atoms with Crippen LogP contribution in [0.15, 0.2) is 18.2 Å². The minimum absolute atomic E-state index is 0.265. The van der Waals surface area contributed by atoms with E-state index in [1.165, 1.54) is 5.56 Å². The molecule has 0 atom stereocenters.